The van der Waals surface area contributed by atoms with E-state index in [1.165, 1.54) is 134 Å². The second-order valence-corrected chi connectivity index (χ2v) is 17.4. The number of para-hydroxylation sites is 1. The van der Waals surface area contributed by atoms with Crippen molar-refractivity contribution in [1.82, 2.24) is 0 Å². The third kappa shape index (κ3) is 20.3. The highest BCUT2D eigenvalue weighted by molar-refractivity contribution is 5.94. The van der Waals surface area contributed by atoms with Crippen LogP contribution in [0, 0.1) is 10.1 Å². The Hall–Kier alpha value is -6.62. The van der Waals surface area contributed by atoms with Gasteiger partial charge in [-0.25, -0.2) is 9.59 Å². The smallest absolute Gasteiger partial charge is 0.353 e. The largest absolute Gasteiger partial charge is 0.494 e. The van der Waals surface area contributed by atoms with Gasteiger partial charge in [-0.3, -0.25) is 20.1 Å². The molecule has 366 valence electrons. The molecule has 0 fully saturated rings. The van der Waals surface area contributed by atoms with Crippen LogP contribution < -0.4 is 18.9 Å². The van der Waals surface area contributed by atoms with Gasteiger partial charge in [0.2, 0.25) is 11.5 Å². The summed E-state index contributed by atoms with van der Waals surface area (Å²) < 4.78 is 22.8. The van der Waals surface area contributed by atoms with Gasteiger partial charge in [0.15, 0.2) is 0 Å². The standard InChI is InChI=1S/C58H71N3O8/c1-3-5-7-9-11-13-15-17-19-21-42-66-52-38-34-50(35-39-52)59-44-46-26-30-48(31-27-46)57(62)68-54-24-23-25-55(56(54)61(64)65)69-58(63)49-32-28-47(29-33-49)45-60-51-36-40-53(41-37-51)67-43-22-20-18-16-14-12-10-8-6-4-2/h23-41,44-45H,3-22,42-43H2,1-2H3. The number of carbonyl (C=O) groups is 2. The minimum absolute atomic E-state index is 0.164. The van der Waals surface area contributed by atoms with Crippen LogP contribution in [0.25, 0.3) is 0 Å². The maximum absolute atomic E-state index is 13.1. The number of hydrogen-bond donors (Lipinski definition) is 0. The van der Waals surface area contributed by atoms with E-state index in [0.717, 1.165) is 46.8 Å². The van der Waals surface area contributed by atoms with E-state index in [4.69, 9.17) is 18.9 Å². The maximum atomic E-state index is 13.1. The van der Waals surface area contributed by atoms with Crippen molar-refractivity contribution in [3.63, 3.8) is 0 Å². The molecule has 0 saturated heterocycles. The molecule has 0 aliphatic rings. The molecule has 0 saturated carbocycles. The molecule has 0 spiro atoms. The lowest BCUT2D eigenvalue weighted by Gasteiger charge is -2.09. The fourth-order valence-corrected chi connectivity index (χ4v) is 7.69. The van der Waals surface area contributed by atoms with E-state index in [-0.39, 0.29) is 22.6 Å². The second kappa shape index (κ2) is 31.4. The van der Waals surface area contributed by atoms with Crippen LogP contribution in [0.4, 0.5) is 17.1 Å². The van der Waals surface area contributed by atoms with E-state index >= 15 is 0 Å². The van der Waals surface area contributed by atoms with Crippen molar-refractivity contribution in [2.75, 3.05) is 13.2 Å². The fourth-order valence-electron chi connectivity index (χ4n) is 7.69. The summed E-state index contributed by atoms with van der Waals surface area (Å²) >= 11 is 0. The Bertz CT molecular complexity index is 2170. The minimum Gasteiger partial charge on any atom is -0.494 e. The predicted molar refractivity (Wildman–Crippen MR) is 278 cm³/mol. The first-order valence-corrected chi connectivity index (χ1v) is 25.3. The van der Waals surface area contributed by atoms with Gasteiger partial charge < -0.3 is 18.9 Å². The van der Waals surface area contributed by atoms with Crippen molar-refractivity contribution in [3.05, 3.63) is 148 Å². The fraction of sp³-hybridized carbons (Fsp3) is 0.414. The zero-order valence-corrected chi connectivity index (χ0v) is 40.8. The first-order valence-electron chi connectivity index (χ1n) is 25.3. The first-order chi connectivity index (χ1) is 33.8. The molecular weight excluding hydrogens is 867 g/mol. The van der Waals surface area contributed by atoms with E-state index in [2.05, 4.69) is 23.8 Å². The molecule has 0 aromatic heterocycles. The number of unbranched alkanes of at least 4 members (excludes halogenated alkanes) is 18. The molecule has 11 heteroatoms. The number of benzene rings is 5. The second-order valence-electron chi connectivity index (χ2n) is 17.4. The highest BCUT2D eigenvalue weighted by Crippen LogP contribution is 2.37. The van der Waals surface area contributed by atoms with Crippen LogP contribution >= 0.6 is 0 Å². The summed E-state index contributed by atoms with van der Waals surface area (Å²) in [5.74, 6) is -0.752. The summed E-state index contributed by atoms with van der Waals surface area (Å²) in [6.45, 7) is 5.89. The van der Waals surface area contributed by atoms with Crippen molar-refractivity contribution >= 4 is 41.4 Å². The lowest BCUT2D eigenvalue weighted by molar-refractivity contribution is -0.386. The maximum Gasteiger partial charge on any atom is 0.353 e. The predicted octanol–water partition coefficient (Wildman–Crippen LogP) is 16.1. The van der Waals surface area contributed by atoms with E-state index in [1.54, 1.807) is 61.0 Å². The highest BCUT2D eigenvalue weighted by Gasteiger charge is 2.27. The van der Waals surface area contributed by atoms with Gasteiger partial charge in [-0.2, -0.15) is 0 Å². The quantitative estimate of drug-likeness (QED) is 0.0101. The Morgan fingerprint density at radius 3 is 1.13 bits per heavy atom. The molecule has 0 aliphatic carbocycles. The normalized spacial score (nSPS) is 11.3. The molecule has 0 radical (unpaired) electrons. The summed E-state index contributed by atoms with van der Waals surface area (Å²) in [5, 5.41) is 12.2. The number of carbonyl (C=O) groups excluding carboxylic acids is 2. The molecule has 0 unspecified atom stereocenters. The van der Waals surface area contributed by atoms with Crippen LogP contribution in [0.2, 0.25) is 0 Å². The molecule has 69 heavy (non-hydrogen) atoms. The van der Waals surface area contributed by atoms with Gasteiger partial charge in [0.25, 0.3) is 0 Å². The SMILES string of the molecule is CCCCCCCCCCCCOc1ccc(N=Cc2ccc(C(=O)Oc3cccc(OC(=O)c4ccc(C=Nc5ccc(OCCCCCCCCCCCC)cc5)cc4)c3[N+](=O)[O-])cc2)cc1. The van der Waals surface area contributed by atoms with Gasteiger partial charge in [0, 0.05) is 12.4 Å². The molecule has 11 nitrogen and oxygen atoms in total. The number of nitrogens with zero attached hydrogens (tertiary/aromatic N) is 3. The number of hydrogen-bond acceptors (Lipinski definition) is 10. The molecule has 0 atom stereocenters. The highest BCUT2D eigenvalue weighted by atomic mass is 16.6. The summed E-state index contributed by atoms with van der Waals surface area (Å²) in [7, 11) is 0. The zero-order valence-electron chi connectivity index (χ0n) is 40.8. The zero-order chi connectivity index (χ0) is 48.7. The molecular formula is C58H71N3O8. The van der Waals surface area contributed by atoms with Gasteiger partial charge in [0.1, 0.15) is 11.5 Å². The Morgan fingerprint density at radius 1 is 0.464 bits per heavy atom. The molecule has 0 bridgehead atoms. The molecule has 5 aromatic carbocycles. The number of ether oxygens (including phenoxy) is 4. The van der Waals surface area contributed by atoms with Crippen molar-refractivity contribution in [1.29, 1.82) is 0 Å². The van der Waals surface area contributed by atoms with Crippen molar-refractivity contribution in [3.8, 4) is 23.0 Å². The average molecular weight is 938 g/mol. The molecule has 5 aromatic rings. The summed E-state index contributed by atoms with van der Waals surface area (Å²) in [6.07, 6.45) is 29.0. The van der Waals surface area contributed by atoms with Crippen LogP contribution in [0.3, 0.4) is 0 Å². The summed E-state index contributed by atoms with van der Waals surface area (Å²) in [4.78, 5) is 46.8. The van der Waals surface area contributed by atoms with Crippen LogP contribution in [0.15, 0.2) is 125 Å². The van der Waals surface area contributed by atoms with Crippen molar-refractivity contribution < 1.29 is 33.5 Å². The summed E-state index contributed by atoms with van der Waals surface area (Å²) in [5.41, 5.74) is 2.64. The van der Waals surface area contributed by atoms with Crippen LogP contribution in [-0.4, -0.2) is 42.5 Å². The molecule has 0 amide bonds. The monoisotopic (exact) mass is 938 g/mol. The lowest BCUT2D eigenvalue weighted by atomic mass is 10.1. The first kappa shape index (κ1) is 53.3. The van der Waals surface area contributed by atoms with E-state index in [9.17, 15) is 19.7 Å². The third-order valence-electron chi connectivity index (χ3n) is 11.8. The minimum atomic E-state index is -0.820. The Balaban J connectivity index is 1.03. The van der Waals surface area contributed by atoms with E-state index in [1.807, 2.05) is 48.5 Å². The Labute approximate surface area is 409 Å². The lowest BCUT2D eigenvalue weighted by Crippen LogP contribution is -2.12. The molecule has 0 aliphatic heterocycles. The number of nitro groups is 1. The van der Waals surface area contributed by atoms with Gasteiger partial charge in [-0.1, -0.05) is 160 Å². The van der Waals surface area contributed by atoms with Crippen LogP contribution in [-0.2, 0) is 0 Å². The number of aliphatic imine (C=N–C) groups is 2. The van der Waals surface area contributed by atoms with Gasteiger partial charge in [0.05, 0.1) is 40.6 Å². The number of esters is 2. The molecule has 5 rings (SSSR count). The van der Waals surface area contributed by atoms with Gasteiger partial charge >= 0.3 is 17.6 Å². The van der Waals surface area contributed by atoms with Gasteiger partial charge in [-0.05, 0) is 109 Å². The molecule has 0 N–H and O–H groups in total. The average Bonchev–Trinajstić information content (AvgIpc) is 3.37. The summed E-state index contributed by atoms with van der Waals surface area (Å²) in [6, 6.07) is 32.1. The topological polar surface area (TPSA) is 139 Å². The van der Waals surface area contributed by atoms with Crippen molar-refractivity contribution in [2.45, 2.75) is 142 Å². The molecule has 0 heterocycles. The van der Waals surface area contributed by atoms with Crippen LogP contribution in [0.1, 0.15) is 174 Å². The Morgan fingerprint density at radius 2 is 0.797 bits per heavy atom. The van der Waals surface area contributed by atoms with E-state index < -0.39 is 22.5 Å². The van der Waals surface area contributed by atoms with Crippen LogP contribution in [0.5, 0.6) is 23.0 Å². The third-order valence-corrected chi connectivity index (χ3v) is 11.8. The van der Waals surface area contributed by atoms with Gasteiger partial charge in [-0.15, -0.1) is 0 Å². The number of rotatable bonds is 33. The Kier molecular flexibility index (Phi) is 24.3. The van der Waals surface area contributed by atoms with E-state index in [0.29, 0.717) is 13.2 Å². The van der Waals surface area contributed by atoms with Crippen molar-refractivity contribution in [2.24, 2.45) is 9.98 Å². The number of nitro benzene ring substituents is 1.